The molecule has 0 amide bonds. The Kier molecular flexibility index (Phi) is 3.53. The molecular formula is C9H16O3. The lowest BCUT2D eigenvalue weighted by molar-refractivity contribution is -0.156. The van der Waals surface area contributed by atoms with E-state index in [1.807, 2.05) is 0 Å². The summed E-state index contributed by atoms with van der Waals surface area (Å²) < 4.78 is 10.4. The maximum Gasteiger partial charge on any atom is 0.302 e. The molecule has 0 unspecified atom stereocenters. The first-order valence-corrected chi connectivity index (χ1v) is 4.44. The van der Waals surface area contributed by atoms with E-state index in [4.69, 9.17) is 9.47 Å². The summed E-state index contributed by atoms with van der Waals surface area (Å²) >= 11 is 0. The van der Waals surface area contributed by atoms with Gasteiger partial charge in [0, 0.05) is 14.0 Å². The fourth-order valence-electron chi connectivity index (χ4n) is 1.68. The highest BCUT2D eigenvalue weighted by molar-refractivity contribution is 5.66. The van der Waals surface area contributed by atoms with Crippen molar-refractivity contribution < 1.29 is 14.3 Å². The molecule has 1 rings (SSSR count). The first kappa shape index (κ1) is 9.52. The lowest BCUT2D eigenvalue weighted by Gasteiger charge is -2.29. The molecule has 0 heterocycles. The fraction of sp³-hybridized carbons (Fsp3) is 0.889. The van der Waals surface area contributed by atoms with Crippen molar-refractivity contribution >= 4 is 5.97 Å². The molecule has 1 aliphatic rings. The van der Waals surface area contributed by atoms with Crippen molar-refractivity contribution in [2.24, 2.45) is 0 Å². The number of carbonyl (C=O) groups is 1. The molecule has 0 N–H and O–H groups in total. The predicted octanol–water partition coefficient (Wildman–Crippen LogP) is 1.51. The molecule has 0 bridgehead atoms. The van der Waals surface area contributed by atoms with Crippen LogP contribution in [0.3, 0.4) is 0 Å². The highest BCUT2D eigenvalue weighted by Gasteiger charge is 2.26. The minimum atomic E-state index is -0.205. The van der Waals surface area contributed by atoms with E-state index >= 15 is 0 Å². The van der Waals surface area contributed by atoms with Gasteiger partial charge in [0.15, 0.2) is 0 Å². The van der Waals surface area contributed by atoms with Crippen LogP contribution in [0.2, 0.25) is 0 Å². The number of hydrogen-bond acceptors (Lipinski definition) is 3. The second-order valence-electron chi connectivity index (χ2n) is 3.21. The van der Waals surface area contributed by atoms with Crippen LogP contribution in [0.1, 0.15) is 32.6 Å². The predicted molar refractivity (Wildman–Crippen MR) is 44.8 cm³/mol. The topological polar surface area (TPSA) is 35.5 Å². The van der Waals surface area contributed by atoms with Gasteiger partial charge >= 0.3 is 5.97 Å². The molecule has 0 aromatic rings. The molecule has 0 saturated heterocycles. The molecule has 0 aliphatic heterocycles. The average molecular weight is 172 g/mol. The van der Waals surface area contributed by atoms with Crippen molar-refractivity contribution in [1.82, 2.24) is 0 Å². The van der Waals surface area contributed by atoms with Crippen LogP contribution in [0, 0.1) is 0 Å². The zero-order valence-corrected chi connectivity index (χ0v) is 7.71. The van der Waals surface area contributed by atoms with Crippen LogP contribution >= 0.6 is 0 Å². The molecule has 0 radical (unpaired) electrons. The van der Waals surface area contributed by atoms with Crippen molar-refractivity contribution in [3.05, 3.63) is 0 Å². The summed E-state index contributed by atoms with van der Waals surface area (Å²) in [6.07, 6.45) is 4.37. The lowest BCUT2D eigenvalue weighted by atomic mass is 9.94. The number of carbonyl (C=O) groups excluding carboxylic acids is 1. The van der Waals surface area contributed by atoms with E-state index in [2.05, 4.69) is 0 Å². The fourth-order valence-corrected chi connectivity index (χ4v) is 1.68. The quantitative estimate of drug-likeness (QED) is 0.592. The van der Waals surface area contributed by atoms with Crippen LogP contribution in [0.15, 0.2) is 0 Å². The Morgan fingerprint density at radius 2 is 1.83 bits per heavy atom. The summed E-state index contributed by atoms with van der Waals surface area (Å²) in [7, 11) is 1.67. The molecule has 0 aromatic carbocycles. The summed E-state index contributed by atoms with van der Waals surface area (Å²) in [5, 5.41) is 0. The highest BCUT2D eigenvalue weighted by atomic mass is 16.6. The molecule has 1 aliphatic carbocycles. The number of rotatable bonds is 2. The first-order valence-electron chi connectivity index (χ1n) is 4.44. The number of esters is 1. The summed E-state index contributed by atoms with van der Waals surface area (Å²) in [6.45, 7) is 1.45. The van der Waals surface area contributed by atoms with Gasteiger partial charge in [-0.15, -0.1) is 0 Å². The van der Waals surface area contributed by atoms with Gasteiger partial charge in [-0.2, -0.15) is 0 Å². The molecule has 0 aromatic heterocycles. The van der Waals surface area contributed by atoms with Gasteiger partial charge in [-0.3, -0.25) is 4.79 Å². The molecule has 12 heavy (non-hydrogen) atoms. The van der Waals surface area contributed by atoms with Gasteiger partial charge in [-0.25, -0.2) is 0 Å². The van der Waals surface area contributed by atoms with E-state index in [1.54, 1.807) is 7.11 Å². The highest BCUT2D eigenvalue weighted by Crippen LogP contribution is 2.23. The van der Waals surface area contributed by atoms with E-state index in [-0.39, 0.29) is 18.2 Å². The van der Waals surface area contributed by atoms with E-state index in [0.29, 0.717) is 0 Å². The molecule has 1 fully saturated rings. The van der Waals surface area contributed by atoms with Crippen LogP contribution in [-0.4, -0.2) is 25.3 Å². The largest absolute Gasteiger partial charge is 0.460 e. The molecule has 0 spiro atoms. The standard InChI is InChI=1S/C9H16O3/c1-7(10)12-9-6-4-3-5-8(9)11-2/h8-9H,3-6H2,1-2H3/t8-,9+/m0/s1. The second kappa shape index (κ2) is 4.45. The van der Waals surface area contributed by atoms with Crippen molar-refractivity contribution in [1.29, 1.82) is 0 Å². The smallest absolute Gasteiger partial charge is 0.302 e. The lowest BCUT2D eigenvalue weighted by Crippen LogP contribution is -2.35. The Bertz CT molecular complexity index is 156. The van der Waals surface area contributed by atoms with Crippen LogP contribution in [-0.2, 0) is 14.3 Å². The summed E-state index contributed by atoms with van der Waals surface area (Å²) in [5.41, 5.74) is 0. The zero-order valence-electron chi connectivity index (χ0n) is 7.71. The first-order chi connectivity index (χ1) is 5.74. The van der Waals surface area contributed by atoms with Crippen LogP contribution < -0.4 is 0 Å². The van der Waals surface area contributed by atoms with Crippen LogP contribution in [0.4, 0.5) is 0 Å². The zero-order chi connectivity index (χ0) is 8.97. The van der Waals surface area contributed by atoms with E-state index in [1.165, 1.54) is 13.3 Å². The van der Waals surface area contributed by atoms with Gasteiger partial charge in [-0.1, -0.05) is 6.42 Å². The Hall–Kier alpha value is -0.570. The van der Waals surface area contributed by atoms with Gasteiger partial charge in [0.25, 0.3) is 0 Å². The summed E-state index contributed by atoms with van der Waals surface area (Å²) in [6, 6.07) is 0. The van der Waals surface area contributed by atoms with Gasteiger partial charge in [0.1, 0.15) is 6.10 Å². The Balaban J connectivity index is 2.41. The van der Waals surface area contributed by atoms with Crippen molar-refractivity contribution in [2.75, 3.05) is 7.11 Å². The molecular weight excluding hydrogens is 156 g/mol. The third-order valence-corrected chi connectivity index (χ3v) is 2.26. The monoisotopic (exact) mass is 172 g/mol. The Morgan fingerprint density at radius 3 is 2.33 bits per heavy atom. The minimum Gasteiger partial charge on any atom is -0.460 e. The molecule has 2 atom stereocenters. The molecule has 3 nitrogen and oxygen atoms in total. The second-order valence-corrected chi connectivity index (χ2v) is 3.21. The van der Waals surface area contributed by atoms with Crippen LogP contribution in [0.5, 0.6) is 0 Å². The SMILES string of the molecule is CO[C@H]1CCCC[C@H]1OC(C)=O. The number of ether oxygens (including phenoxy) is 2. The Labute approximate surface area is 73.0 Å². The van der Waals surface area contributed by atoms with E-state index in [0.717, 1.165) is 19.3 Å². The molecule has 1 saturated carbocycles. The third kappa shape index (κ3) is 2.48. The normalized spacial score (nSPS) is 29.8. The summed E-state index contributed by atoms with van der Waals surface area (Å²) in [5.74, 6) is -0.205. The number of methoxy groups -OCH3 is 1. The van der Waals surface area contributed by atoms with Crippen LogP contribution in [0.25, 0.3) is 0 Å². The van der Waals surface area contributed by atoms with E-state index < -0.39 is 0 Å². The van der Waals surface area contributed by atoms with E-state index in [9.17, 15) is 4.79 Å². The van der Waals surface area contributed by atoms with Gasteiger partial charge < -0.3 is 9.47 Å². The average Bonchev–Trinajstić information content (AvgIpc) is 2.04. The van der Waals surface area contributed by atoms with Crippen molar-refractivity contribution in [2.45, 2.75) is 44.8 Å². The Morgan fingerprint density at radius 1 is 1.25 bits per heavy atom. The molecule has 3 heteroatoms. The van der Waals surface area contributed by atoms with Gasteiger partial charge in [0.05, 0.1) is 6.10 Å². The van der Waals surface area contributed by atoms with Gasteiger partial charge in [0.2, 0.25) is 0 Å². The maximum absolute atomic E-state index is 10.7. The van der Waals surface area contributed by atoms with Crippen molar-refractivity contribution in [3.63, 3.8) is 0 Å². The third-order valence-electron chi connectivity index (χ3n) is 2.26. The maximum atomic E-state index is 10.7. The number of hydrogen-bond donors (Lipinski definition) is 0. The molecule has 70 valence electrons. The van der Waals surface area contributed by atoms with Gasteiger partial charge in [-0.05, 0) is 19.3 Å². The summed E-state index contributed by atoms with van der Waals surface area (Å²) in [4.78, 5) is 10.7. The van der Waals surface area contributed by atoms with Crippen molar-refractivity contribution in [3.8, 4) is 0 Å². The minimum absolute atomic E-state index is 0.0127.